The van der Waals surface area contributed by atoms with E-state index in [1.165, 1.54) is 5.56 Å². The Balaban J connectivity index is 1.33. The van der Waals surface area contributed by atoms with Crippen molar-refractivity contribution in [3.63, 3.8) is 0 Å². The molecule has 0 spiro atoms. The minimum absolute atomic E-state index is 0.178. The average molecular weight is 510 g/mol. The van der Waals surface area contributed by atoms with E-state index in [0.29, 0.717) is 29.7 Å². The zero-order valence-electron chi connectivity index (χ0n) is 20.1. The van der Waals surface area contributed by atoms with Crippen LogP contribution in [0.5, 0.6) is 17.2 Å². The van der Waals surface area contributed by atoms with Gasteiger partial charge in [-0.3, -0.25) is 4.90 Å². The van der Waals surface area contributed by atoms with E-state index in [1.54, 1.807) is 0 Å². The zero-order valence-corrected chi connectivity index (χ0v) is 20.8. The van der Waals surface area contributed by atoms with Crippen molar-refractivity contribution in [2.24, 2.45) is 0 Å². The Bertz CT molecular complexity index is 1400. The number of hydrogen-bond acceptors (Lipinski definition) is 7. The van der Waals surface area contributed by atoms with Gasteiger partial charge in [0.05, 0.1) is 6.61 Å². The maximum Gasteiger partial charge on any atom is 0.231 e. The van der Waals surface area contributed by atoms with Crippen molar-refractivity contribution >= 4 is 22.5 Å². The van der Waals surface area contributed by atoms with Gasteiger partial charge in [-0.1, -0.05) is 16.8 Å². The number of benzene rings is 2. The lowest BCUT2D eigenvalue weighted by molar-refractivity contribution is 0.154. The molecule has 1 atom stereocenters. The van der Waals surface area contributed by atoms with Gasteiger partial charge in [-0.15, -0.1) is 0 Å². The van der Waals surface area contributed by atoms with E-state index in [2.05, 4.69) is 33.0 Å². The van der Waals surface area contributed by atoms with Crippen LogP contribution in [0.2, 0.25) is 5.02 Å². The van der Waals surface area contributed by atoms with Crippen LogP contribution in [0.3, 0.4) is 0 Å². The highest BCUT2D eigenvalue weighted by Crippen LogP contribution is 2.38. The fourth-order valence-corrected chi connectivity index (χ4v) is 5.35. The monoisotopic (exact) mass is 509 g/mol. The van der Waals surface area contributed by atoms with Gasteiger partial charge >= 0.3 is 0 Å². The molecule has 8 nitrogen and oxygen atoms in total. The molecule has 2 aromatic heterocycles. The molecule has 4 aromatic rings. The number of aliphatic hydroxyl groups excluding tert-OH is 1. The predicted octanol–water partition coefficient (Wildman–Crippen LogP) is 4.90. The van der Waals surface area contributed by atoms with Crippen LogP contribution in [-0.4, -0.2) is 45.7 Å². The van der Waals surface area contributed by atoms with Gasteiger partial charge in [0.15, 0.2) is 11.5 Å². The number of hydrogen-bond donors (Lipinski definition) is 1. The molecule has 9 heteroatoms. The van der Waals surface area contributed by atoms with Crippen molar-refractivity contribution < 1.29 is 23.8 Å². The Morgan fingerprint density at radius 3 is 2.78 bits per heavy atom. The van der Waals surface area contributed by atoms with Crippen LogP contribution in [0, 0.1) is 6.92 Å². The number of likely N-dealkylation sites (tertiary alicyclic amines) is 1. The fourth-order valence-electron chi connectivity index (χ4n) is 5.13. The highest BCUT2D eigenvalue weighted by Gasteiger charge is 2.25. The van der Waals surface area contributed by atoms with E-state index >= 15 is 0 Å². The lowest BCUT2D eigenvalue weighted by Crippen LogP contribution is -2.31. The molecule has 6 rings (SSSR count). The van der Waals surface area contributed by atoms with Gasteiger partial charge in [0.1, 0.15) is 23.8 Å². The smallest absolute Gasteiger partial charge is 0.231 e. The number of halogens is 1. The predicted molar refractivity (Wildman–Crippen MR) is 135 cm³/mol. The molecule has 0 saturated carbocycles. The summed E-state index contributed by atoms with van der Waals surface area (Å²) in [5, 5.41) is 15.6. The summed E-state index contributed by atoms with van der Waals surface area (Å²) in [6.45, 7) is 4.92. The number of aromatic nitrogens is 2. The van der Waals surface area contributed by atoms with Crippen LogP contribution in [0.4, 0.5) is 0 Å². The lowest BCUT2D eigenvalue weighted by atomic mass is 10.1. The van der Waals surface area contributed by atoms with E-state index in [-0.39, 0.29) is 19.4 Å². The topological polar surface area (TPSA) is 82.1 Å². The fraction of sp³-hybridized carbons (Fsp3) is 0.370. The number of ether oxygens (including phenoxy) is 3. The van der Waals surface area contributed by atoms with E-state index in [0.717, 1.165) is 59.6 Å². The van der Waals surface area contributed by atoms with E-state index < -0.39 is 0 Å². The Kier molecular flexibility index (Phi) is 6.25. The Labute approximate surface area is 213 Å². The molecular weight excluding hydrogens is 482 g/mol. The maximum atomic E-state index is 9.84. The van der Waals surface area contributed by atoms with Crippen LogP contribution < -0.4 is 14.2 Å². The van der Waals surface area contributed by atoms with Crippen molar-refractivity contribution in [1.29, 1.82) is 0 Å². The summed E-state index contributed by atoms with van der Waals surface area (Å²) in [5.74, 6) is 2.92. The summed E-state index contributed by atoms with van der Waals surface area (Å²) in [6, 6.07) is 12.0. The normalized spacial score (nSPS) is 17.4. The molecule has 0 bridgehead atoms. The Hall–Kier alpha value is -3.20. The summed E-state index contributed by atoms with van der Waals surface area (Å²) in [7, 11) is 0. The van der Waals surface area contributed by atoms with E-state index in [1.807, 2.05) is 31.2 Å². The molecule has 1 N–H and O–H groups in total. The minimum atomic E-state index is 0.178. The van der Waals surface area contributed by atoms with Crippen molar-refractivity contribution in [3.8, 4) is 17.2 Å². The van der Waals surface area contributed by atoms with Crippen molar-refractivity contribution in [2.45, 2.75) is 45.5 Å². The number of rotatable bonds is 8. The standard InChI is InChI=1S/C27H28ClN3O5/c1-17-7-20(29-36-17)15-33-22-4-5-25-23(9-22)19(12-30-6-2-3-21(30)14-32)13-31(25)11-18-8-26-27(10-24(18)28)35-16-34-26/h4-5,7-10,13,21,32H,2-3,6,11-12,14-16H2,1H3/t21-/m0/s1. The second-order valence-corrected chi connectivity index (χ2v) is 9.83. The van der Waals surface area contributed by atoms with Gasteiger partial charge < -0.3 is 28.4 Å². The zero-order chi connectivity index (χ0) is 24.6. The van der Waals surface area contributed by atoms with Gasteiger partial charge in [0.25, 0.3) is 0 Å². The number of nitrogens with zero attached hydrogens (tertiary/aromatic N) is 3. The van der Waals surface area contributed by atoms with Crippen molar-refractivity contribution in [2.75, 3.05) is 19.9 Å². The van der Waals surface area contributed by atoms with Gasteiger partial charge in [0, 0.05) is 53.4 Å². The van der Waals surface area contributed by atoms with Crippen LogP contribution in [0.25, 0.3) is 10.9 Å². The molecule has 0 amide bonds. The first-order chi connectivity index (χ1) is 17.6. The molecule has 2 aliphatic rings. The highest BCUT2D eigenvalue weighted by atomic mass is 35.5. The molecule has 1 saturated heterocycles. The second-order valence-electron chi connectivity index (χ2n) is 9.42. The largest absolute Gasteiger partial charge is 0.487 e. The third-order valence-electron chi connectivity index (χ3n) is 6.96. The van der Waals surface area contributed by atoms with Crippen LogP contribution >= 0.6 is 11.6 Å². The number of fused-ring (bicyclic) bond motifs is 2. The molecule has 0 unspecified atom stereocenters. The lowest BCUT2D eigenvalue weighted by Gasteiger charge is -2.22. The first kappa shape index (κ1) is 23.2. The third kappa shape index (κ3) is 4.52. The maximum absolute atomic E-state index is 9.84. The van der Waals surface area contributed by atoms with Crippen LogP contribution in [-0.2, 0) is 19.7 Å². The molecule has 2 aliphatic heterocycles. The molecule has 0 aliphatic carbocycles. The summed E-state index contributed by atoms with van der Waals surface area (Å²) >= 11 is 6.60. The number of aliphatic hydroxyl groups is 1. The van der Waals surface area contributed by atoms with Crippen LogP contribution in [0.15, 0.2) is 47.1 Å². The Morgan fingerprint density at radius 1 is 1.11 bits per heavy atom. The summed E-state index contributed by atoms with van der Waals surface area (Å²) < 4.78 is 24.4. The van der Waals surface area contributed by atoms with E-state index in [4.69, 9.17) is 30.3 Å². The molecule has 188 valence electrons. The van der Waals surface area contributed by atoms with Crippen molar-refractivity contribution in [3.05, 3.63) is 70.2 Å². The van der Waals surface area contributed by atoms with Gasteiger partial charge in [-0.05, 0) is 61.7 Å². The third-order valence-corrected chi connectivity index (χ3v) is 7.32. The SMILES string of the molecule is Cc1cc(COc2ccc3c(c2)c(CN2CCC[C@H]2CO)cn3Cc2cc3c(cc2Cl)OCO3)no1. The molecular formula is C27H28ClN3O5. The van der Waals surface area contributed by atoms with Gasteiger partial charge in [-0.2, -0.15) is 0 Å². The molecule has 4 heterocycles. The van der Waals surface area contributed by atoms with Crippen LogP contribution in [0.1, 0.15) is 35.4 Å². The Morgan fingerprint density at radius 2 is 1.97 bits per heavy atom. The molecule has 0 radical (unpaired) electrons. The molecule has 2 aromatic carbocycles. The average Bonchev–Trinajstić information content (AvgIpc) is 3.66. The molecule has 36 heavy (non-hydrogen) atoms. The summed E-state index contributed by atoms with van der Waals surface area (Å²) in [6.07, 6.45) is 4.30. The highest BCUT2D eigenvalue weighted by molar-refractivity contribution is 6.31. The number of aryl methyl sites for hydroxylation is 1. The summed E-state index contributed by atoms with van der Waals surface area (Å²) in [5.41, 5.74) is 3.99. The molecule has 1 fully saturated rings. The minimum Gasteiger partial charge on any atom is -0.487 e. The quantitative estimate of drug-likeness (QED) is 0.361. The first-order valence-electron chi connectivity index (χ1n) is 12.2. The van der Waals surface area contributed by atoms with Gasteiger partial charge in [-0.25, -0.2) is 0 Å². The van der Waals surface area contributed by atoms with E-state index in [9.17, 15) is 5.11 Å². The van der Waals surface area contributed by atoms with Crippen molar-refractivity contribution in [1.82, 2.24) is 14.6 Å². The first-order valence-corrected chi connectivity index (χ1v) is 12.5. The second kappa shape index (κ2) is 9.69. The summed E-state index contributed by atoms with van der Waals surface area (Å²) in [4.78, 5) is 2.36. The van der Waals surface area contributed by atoms with Gasteiger partial charge in [0.2, 0.25) is 6.79 Å².